The molecule has 0 saturated heterocycles. The fourth-order valence-corrected chi connectivity index (χ4v) is 1.79. The SMILES string of the molecule is CCOC(C)C(=O)NCc1ccc(CN(C)C)cc1. The molecule has 0 spiro atoms. The quantitative estimate of drug-likeness (QED) is 0.816. The van der Waals surface area contributed by atoms with Gasteiger partial charge in [0.15, 0.2) is 0 Å². The maximum absolute atomic E-state index is 11.7. The van der Waals surface area contributed by atoms with Crippen molar-refractivity contribution in [2.24, 2.45) is 0 Å². The first-order valence-electron chi connectivity index (χ1n) is 6.64. The third-order valence-electron chi connectivity index (χ3n) is 2.77. The van der Waals surface area contributed by atoms with Gasteiger partial charge in [0, 0.05) is 19.7 Å². The number of nitrogens with zero attached hydrogens (tertiary/aromatic N) is 1. The second kappa shape index (κ2) is 7.92. The summed E-state index contributed by atoms with van der Waals surface area (Å²) in [6, 6.07) is 8.27. The van der Waals surface area contributed by atoms with E-state index in [2.05, 4.69) is 22.3 Å². The molecule has 1 aromatic rings. The van der Waals surface area contributed by atoms with Crippen molar-refractivity contribution in [3.8, 4) is 0 Å². The Morgan fingerprint density at radius 1 is 1.26 bits per heavy atom. The van der Waals surface area contributed by atoms with Crippen LogP contribution in [0, 0.1) is 0 Å². The Morgan fingerprint density at radius 2 is 1.84 bits per heavy atom. The molecule has 106 valence electrons. The van der Waals surface area contributed by atoms with Gasteiger partial charge in [-0.25, -0.2) is 0 Å². The van der Waals surface area contributed by atoms with E-state index in [4.69, 9.17) is 4.74 Å². The van der Waals surface area contributed by atoms with Crippen molar-refractivity contribution in [2.45, 2.75) is 33.0 Å². The first-order chi connectivity index (χ1) is 9.02. The van der Waals surface area contributed by atoms with Crippen LogP contribution in [0.1, 0.15) is 25.0 Å². The number of carbonyl (C=O) groups excluding carboxylic acids is 1. The van der Waals surface area contributed by atoms with Crippen LogP contribution in [0.25, 0.3) is 0 Å². The summed E-state index contributed by atoms with van der Waals surface area (Å²) in [5.74, 6) is -0.0702. The molecule has 0 aliphatic heterocycles. The van der Waals surface area contributed by atoms with Gasteiger partial charge in [-0.3, -0.25) is 4.79 Å². The topological polar surface area (TPSA) is 41.6 Å². The standard InChI is InChI=1S/C15H24N2O2/c1-5-19-12(2)15(18)16-10-13-6-8-14(9-7-13)11-17(3)4/h6-9,12H,5,10-11H2,1-4H3,(H,16,18). The van der Waals surface area contributed by atoms with Crippen LogP contribution in [0.2, 0.25) is 0 Å². The Labute approximate surface area is 115 Å². The molecule has 1 atom stereocenters. The zero-order valence-corrected chi connectivity index (χ0v) is 12.3. The van der Waals surface area contributed by atoms with Crippen molar-refractivity contribution in [1.82, 2.24) is 10.2 Å². The number of carbonyl (C=O) groups is 1. The lowest BCUT2D eigenvalue weighted by Crippen LogP contribution is -2.34. The second-order valence-electron chi connectivity index (χ2n) is 4.87. The lowest BCUT2D eigenvalue weighted by molar-refractivity contribution is -0.131. The van der Waals surface area contributed by atoms with Crippen LogP contribution in [-0.2, 0) is 22.6 Å². The molecule has 4 nitrogen and oxygen atoms in total. The Kier molecular flexibility index (Phi) is 6.53. The van der Waals surface area contributed by atoms with Crippen LogP contribution < -0.4 is 5.32 Å². The van der Waals surface area contributed by atoms with E-state index in [9.17, 15) is 4.79 Å². The van der Waals surface area contributed by atoms with Crippen LogP contribution >= 0.6 is 0 Å². The van der Waals surface area contributed by atoms with Gasteiger partial charge in [-0.2, -0.15) is 0 Å². The van der Waals surface area contributed by atoms with Crippen molar-refractivity contribution >= 4 is 5.91 Å². The highest BCUT2D eigenvalue weighted by Crippen LogP contribution is 2.06. The fourth-order valence-electron chi connectivity index (χ4n) is 1.79. The minimum atomic E-state index is -0.391. The minimum Gasteiger partial charge on any atom is -0.369 e. The average molecular weight is 264 g/mol. The van der Waals surface area contributed by atoms with Crippen molar-refractivity contribution in [3.63, 3.8) is 0 Å². The lowest BCUT2D eigenvalue weighted by atomic mass is 10.1. The molecule has 1 amide bonds. The van der Waals surface area contributed by atoms with Gasteiger partial charge in [-0.05, 0) is 39.1 Å². The van der Waals surface area contributed by atoms with Crippen LogP contribution in [0.5, 0.6) is 0 Å². The van der Waals surface area contributed by atoms with Crippen molar-refractivity contribution in [1.29, 1.82) is 0 Å². The second-order valence-corrected chi connectivity index (χ2v) is 4.87. The average Bonchev–Trinajstić information content (AvgIpc) is 2.37. The summed E-state index contributed by atoms with van der Waals surface area (Å²) in [6.45, 7) is 5.66. The Bertz CT molecular complexity index is 388. The Hall–Kier alpha value is -1.39. The predicted molar refractivity (Wildman–Crippen MR) is 76.8 cm³/mol. The maximum atomic E-state index is 11.7. The number of ether oxygens (including phenoxy) is 1. The molecule has 0 radical (unpaired) electrons. The Morgan fingerprint density at radius 3 is 2.37 bits per heavy atom. The van der Waals surface area contributed by atoms with E-state index in [1.54, 1.807) is 6.92 Å². The molecule has 1 rings (SSSR count). The van der Waals surface area contributed by atoms with Gasteiger partial charge >= 0.3 is 0 Å². The number of benzene rings is 1. The zero-order chi connectivity index (χ0) is 14.3. The third-order valence-corrected chi connectivity index (χ3v) is 2.77. The monoisotopic (exact) mass is 264 g/mol. The summed E-state index contributed by atoms with van der Waals surface area (Å²) in [6.07, 6.45) is -0.391. The molecule has 0 aromatic heterocycles. The molecule has 0 aliphatic carbocycles. The largest absolute Gasteiger partial charge is 0.369 e. The van der Waals surface area contributed by atoms with Crippen LogP contribution in [0.15, 0.2) is 24.3 Å². The highest BCUT2D eigenvalue weighted by Gasteiger charge is 2.11. The van der Waals surface area contributed by atoms with E-state index in [0.29, 0.717) is 13.2 Å². The van der Waals surface area contributed by atoms with Crippen molar-refractivity contribution < 1.29 is 9.53 Å². The fraction of sp³-hybridized carbons (Fsp3) is 0.533. The van der Waals surface area contributed by atoms with Gasteiger partial charge in [-0.15, -0.1) is 0 Å². The summed E-state index contributed by atoms with van der Waals surface area (Å²) in [4.78, 5) is 13.8. The van der Waals surface area contributed by atoms with Crippen LogP contribution in [0.3, 0.4) is 0 Å². The number of nitrogens with one attached hydrogen (secondary N) is 1. The van der Waals surface area contributed by atoms with Gasteiger partial charge in [0.25, 0.3) is 0 Å². The zero-order valence-electron chi connectivity index (χ0n) is 12.3. The minimum absolute atomic E-state index is 0.0702. The van der Waals surface area contributed by atoms with Crippen LogP contribution in [-0.4, -0.2) is 37.6 Å². The molecular formula is C15H24N2O2. The summed E-state index contributed by atoms with van der Waals surface area (Å²) in [7, 11) is 4.09. The molecular weight excluding hydrogens is 240 g/mol. The van der Waals surface area contributed by atoms with Gasteiger partial charge in [0.2, 0.25) is 5.91 Å². The van der Waals surface area contributed by atoms with Crippen LogP contribution in [0.4, 0.5) is 0 Å². The molecule has 0 saturated carbocycles. The number of hydrogen-bond donors (Lipinski definition) is 1. The van der Waals surface area contributed by atoms with E-state index in [0.717, 1.165) is 12.1 Å². The number of amides is 1. The summed E-state index contributed by atoms with van der Waals surface area (Å²) in [5, 5.41) is 2.87. The number of hydrogen-bond acceptors (Lipinski definition) is 3. The molecule has 1 aromatic carbocycles. The smallest absolute Gasteiger partial charge is 0.249 e. The molecule has 0 fully saturated rings. The van der Waals surface area contributed by atoms with E-state index in [-0.39, 0.29) is 5.91 Å². The van der Waals surface area contributed by atoms with E-state index >= 15 is 0 Å². The lowest BCUT2D eigenvalue weighted by Gasteiger charge is -2.13. The number of rotatable bonds is 7. The Balaban J connectivity index is 2.43. The first-order valence-corrected chi connectivity index (χ1v) is 6.64. The molecule has 4 heteroatoms. The van der Waals surface area contributed by atoms with Gasteiger partial charge < -0.3 is 15.0 Å². The molecule has 0 bridgehead atoms. The van der Waals surface area contributed by atoms with Crippen molar-refractivity contribution in [3.05, 3.63) is 35.4 Å². The molecule has 1 unspecified atom stereocenters. The van der Waals surface area contributed by atoms with Gasteiger partial charge in [0.1, 0.15) is 6.10 Å². The highest BCUT2D eigenvalue weighted by molar-refractivity contribution is 5.80. The van der Waals surface area contributed by atoms with E-state index in [1.807, 2.05) is 33.2 Å². The van der Waals surface area contributed by atoms with Gasteiger partial charge in [-0.1, -0.05) is 24.3 Å². The molecule has 19 heavy (non-hydrogen) atoms. The predicted octanol–water partition coefficient (Wildman–Crippen LogP) is 1.79. The maximum Gasteiger partial charge on any atom is 0.249 e. The van der Waals surface area contributed by atoms with E-state index < -0.39 is 6.10 Å². The molecule has 0 heterocycles. The van der Waals surface area contributed by atoms with Gasteiger partial charge in [0.05, 0.1) is 0 Å². The highest BCUT2D eigenvalue weighted by atomic mass is 16.5. The summed E-state index contributed by atoms with van der Waals surface area (Å²) < 4.78 is 5.24. The molecule has 0 aliphatic rings. The summed E-state index contributed by atoms with van der Waals surface area (Å²) in [5.41, 5.74) is 2.36. The van der Waals surface area contributed by atoms with Crippen molar-refractivity contribution in [2.75, 3.05) is 20.7 Å². The van der Waals surface area contributed by atoms with E-state index in [1.165, 1.54) is 5.56 Å². The first kappa shape index (κ1) is 15.7. The third kappa shape index (κ3) is 5.85. The normalized spacial score (nSPS) is 12.5. The summed E-state index contributed by atoms with van der Waals surface area (Å²) >= 11 is 0. The molecule has 1 N–H and O–H groups in total.